The van der Waals surface area contributed by atoms with Gasteiger partial charge in [-0.2, -0.15) is 11.8 Å². The highest BCUT2D eigenvalue weighted by Crippen LogP contribution is 2.49. The van der Waals surface area contributed by atoms with Crippen LogP contribution >= 0.6 is 24.0 Å². The summed E-state index contributed by atoms with van der Waals surface area (Å²) in [6.07, 6.45) is 4.96. The standard InChI is InChI=1S/C11H20N2S2/c12-10(14)8-11(2-3-11)9-13-4-1-6-15-7-5-13/h1-9H2,(H2,12,14). The molecule has 2 fully saturated rings. The van der Waals surface area contributed by atoms with Crippen LogP contribution in [0.2, 0.25) is 0 Å². The maximum atomic E-state index is 5.66. The predicted octanol–water partition coefficient (Wildman–Crippen LogP) is 1.88. The molecule has 15 heavy (non-hydrogen) atoms. The van der Waals surface area contributed by atoms with Gasteiger partial charge in [0.25, 0.3) is 0 Å². The fourth-order valence-corrected chi connectivity index (χ4v) is 3.60. The zero-order valence-electron chi connectivity index (χ0n) is 9.21. The van der Waals surface area contributed by atoms with Gasteiger partial charge in [-0.1, -0.05) is 12.2 Å². The Hall–Kier alpha value is 0.200. The number of thiocarbonyl (C=S) groups is 1. The van der Waals surface area contributed by atoms with Gasteiger partial charge < -0.3 is 10.6 Å². The van der Waals surface area contributed by atoms with E-state index in [1.807, 2.05) is 0 Å². The van der Waals surface area contributed by atoms with Crippen LogP contribution in [-0.4, -0.2) is 41.0 Å². The first kappa shape index (κ1) is 11.7. The summed E-state index contributed by atoms with van der Waals surface area (Å²) in [7, 11) is 0. The zero-order valence-corrected chi connectivity index (χ0v) is 10.8. The average Bonchev–Trinajstić information content (AvgIpc) is 2.91. The molecule has 0 aromatic heterocycles. The molecule has 2 aliphatic rings. The first-order chi connectivity index (χ1) is 7.20. The van der Waals surface area contributed by atoms with Gasteiger partial charge in [0.1, 0.15) is 0 Å². The van der Waals surface area contributed by atoms with Crippen molar-refractivity contribution in [2.24, 2.45) is 11.1 Å². The van der Waals surface area contributed by atoms with Gasteiger partial charge in [0.05, 0.1) is 4.99 Å². The molecule has 0 aromatic rings. The molecule has 1 saturated carbocycles. The first-order valence-electron chi connectivity index (χ1n) is 5.79. The lowest BCUT2D eigenvalue weighted by atomic mass is 10.0. The van der Waals surface area contributed by atoms with Crippen molar-refractivity contribution in [3.63, 3.8) is 0 Å². The summed E-state index contributed by atoms with van der Waals surface area (Å²) in [6.45, 7) is 3.75. The van der Waals surface area contributed by atoms with Crippen LogP contribution in [-0.2, 0) is 0 Å². The molecule has 1 saturated heterocycles. The Kier molecular flexibility index (Phi) is 3.91. The normalized spacial score (nSPS) is 25.9. The van der Waals surface area contributed by atoms with Crippen molar-refractivity contribution >= 4 is 29.0 Å². The lowest BCUT2D eigenvalue weighted by Crippen LogP contribution is -2.34. The van der Waals surface area contributed by atoms with Crippen molar-refractivity contribution in [2.75, 3.05) is 31.1 Å². The van der Waals surface area contributed by atoms with E-state index in [0.717, 1.165) is 6.42 Å². The Balaban J connectivity index is 1.81. The van der Waals surface area contributed by atoms with Crippen molar-refractivity contribution < 1.29 is 0 Å². The first-order valence-corrected chi connectivity index (χ1v) is 7.35. The summed E-state index contributed by atoms with van der Waals surface area (Å²) >= 11 is 7.12. The molecule has 86 valence electrons. The van der Waals surface area contributed by atoms with E-state index < -0.39 is 0 Å². The molecule has 1 heterocycles. The van der Waals surface area contributed by atoms with E-state index >= 15 is 0 Å². The van der Waals surface area contributed by atoms with Gasteiger partial charge in [-0.15, -0.1) is 0 Å². The second kappa shape index (κ2) is 5.02. The van der Waals surface area contributed by atoms with Crippen LogP contribution in [0.1, 0.15) is 25.7 Å². The van der Waals surface area contributed by atoms with Crippen molar-refractivity contribution in [1.29, 1.82) is 0 Å². The van der Waals surface area contributed by atoms with E-state index in [9.17, 15) is 0 Å². The van der Waals surface area contributed by atoms with Gasteiger partial charge in [-0.05, 0) is 37.0 Å². The zero-order chi connectivity index (χ0) is 10.7. The van der Waals surface area contributed by atoms with Crippen LogP contribution in [0.3, 0.4) is 0 Å². The number of rotatable bonds is 4. The van der Waals surface area contributed by atoms with Crippen molar-refractivity contribution in [2.45, 2.75) is 25.7 Å². The lowest BCUT2D eigenvalue weighted by Gasteiger charge is -2.25. The molecule has 0 aromatic carbocycles. The molecule has 2 N–H and O–H groups in total. The fourth-order valence-electron chi connectivity index (χ4n) is 2.37. The molecule has 0 spiro atoms. The Morgan fingerprint density at radius 2 is 2.13 bits per heavy atom. The second-order valence-corrected chi connectivity index (χ2v) is 6.63. The van der Waals surface area contributed by atoms with Crippen LogP contribution in [0.4, 0.5) is 0 Å². The molecule has 0 amide bonds. The molecule has 0 bridgehead atoms. The molecule has 4 heteroatoms. The maximum absolute atomic E-state index is 5.66. The van der Waals surface area contributed by atoms with E-state index in [2.05, 4.69) is 16.7 Å². The SMILES string of the molecule is NC(=S)CC1(CN2CCCSCC2)CC1. The molecule has 2 nitrogen and oxygen atoms in total. The summed E-state index contributed by atoms with van der Waals surface area (Å²) < 4.78 is 0. The Morgan fingerprint density at radius 1 is 1.33 bits per heavy atom. The summed E-state index contributed by atoms with van der Waals surface area (Å²) in [6, 6.07) is 0. The maximum Gasteiger partial charge on any atom is 0.0733 e. The molecule has 0 unspecified atom stereocenters. The van der Waals surface area contributed by atoms with Gasteiger partial charge in [0, 0.05) is 25.3 Å². The van der Waals surface area contributed by atoms with E-state index in [1.165, 1.54) is 50.4 Å². The monoisotopic (exact) mass is 244 g/mol. The molecular weight excluding hydrogens is 224 g/mol. The third kappa shape index (κ3) is 3.61. The van der Waals surface area contributed by atoms with E-state index in [4.69, 9.17) is 18.0 Å². The highest BCUT2D eigenvalue weighted by molar-refractivity contribution is 7.99. The number of hydrogen-bond acceptors (Lipinski definition) is 3. The van der Waals surface area contributed by atoms with Crippen LogP contribution in [0.25, 0.3) is 0 Å². The van der Waals surface area contributed by atoms with Gasteiger partial charge in [0.15, 0.2) is 0 Å². The lowest BCUT2D eigenvalue weighted by molar-refractivity contribution is 0.238. The van der Waals surface area contributed by atoms with E-state index in [0.29, 0.717) is 10.4 Å². The average molecular weight is 244 g/mol. The van der Waals surface area contributed by atoms with E-state index in [-0.39, 0.29) is 0 Å². The minimum absolute atomic E-state index is 0.473. The van der Waals surface area contributed by atoms with E-state index in [1.54, 1.807) is 0 Å². The number of thioether (sulfide) groups is 1. The summed E-state index contributed by atoms with van der Waals surface area (Å²) in [5.41, 5.74) is 6.14. The molecular formula is C11H20N2S2. The summed E-state index contributed by atoms with van der Waals surface area (Å²) in [5.74, 6) is 2.63. The van der Waals surface area contributed by atoms with Crippen LogP contribution < -0.4 is 5.73 Å². The van der Waals surface area contributed by atoms with Crippen molar-refractivity contribution in [3.05, 3.63) is 0 Å². The highest BCUT2D eigenvalue weighted by Gasteiger charge is 2.43. The fraction of sp³-hybridized carbons (Fsp3) is 0.909. The highest BCUT2D eigenvalue weighted by atomic mass is 32.2. The number of nitrogens with zero attached hydrogens (tertiary/aromatic N) is 1. The Bertz CT molecular complexity index is 231. The van der Waals surface area contributed by atoms with Gasteiger partial charge >= 0.3 is 0 Å². The number of nitrogens with two attached hydrogens (primary N) is 1. The van der Waals surface area contributed by atoms with Crippen LogP contribution in [0, 0.1) is 5.41 Å². The van der Waals surface area contributed by atoms with Crippen LogP contribution in [0.5, 0.6) is 0 Å². The van der Waals surface area contributed by atoms with Gasteiger partial charge in [-0.25, -0.2) is 0 Å². The minimum atomic E-state index is 0.473. The Labute approximate surface area is 102 Å². The van der Waals surface area contributed by atoms with Gasteiger partial charge in [-0.3, -0.25) is 0 Å². The molecule has 0 atom stereocenters. The topological polar surface area (TPSA) is 29.3 Å². The summed E-state index contributed by atoms with van der Waals surface area (Å²) in [5, 5.41) is 0. The molecule has 1 aliphatic heterocycles. The van der Waals surface area contributed by atoms with Crippen molar-refractivity contribution in [3.8, 4) is 0 Å². The summed E-state index contributed by atoms with van der Waals surface area (Å²) in [4.78, 5) is 3.32. The van der Waals surface area contributed by atoms with Gasteiger partial charge in [0.2, 0.25) is 0 Å². The molecule has 0 radical (unpaired) electrons. The van der Waals surface area contributed by atoms with Crippen LogP contribution in [0.15, 0.2) is 0 Å². The van der Waals surface area contributed by atoms with Crippen molar-refractivity contribution in [1.82, 2.24) is 4.90 Å². The quantitative estimate of drug-likeness (QED) is 0.765. The third-order valence-electron chi connectivity index (χ3n) is 3.38. The molecule has 2 rings (SSSR count). The molecule has 1 aliphatic carbocycles. The second-order valence-electron chi connectivity index (χ2n) is 4.89. The smallest absolute Gasteiger partial charge is 0.0733 e. The number of hydrogen-bond donors (Lipinski definition) is 1. The largest absolute Gasteiger partial charge is 0.393 e. The third-order valence-corrected chi connectivity index (χ3v) is 4.57. The Morgan fingerprint density at radius 3 is 2.80 bits per heavy atom. The minimum Gasteiger partial charge on any atom is -0.393 e. The predicted molar refractivity (Wildman–Crippen MR) is 71.5 cm³/mol.